The van der Waals surface area contributed by atoms with Gasteiger partial charge in [0.15, 0.2) is 0 Å². The molecule has 2 aromatic rings. The normalized spacial score (nSPS) is 14.8. The predicted octanol–water partition coefficient (Wildman–Crippen LogP) is 3.68. The van der Waals surface area contributed by atoms with Gasteiger partial charge in [0, 0.05) is 10.7 Å². The van der Waals surface area contributed by atoms with E-state index >= 15 is 0 Å². The number of carbonyl (C=O) groups is 1. The fourth-order valence-electron chi connectivity index (χ4n) is 2.39. The molecule has 1 aliphatic rings. The first kappa shape index (κ1) is 14.3. The van der Waals surface area contributed by atoms with E-state index in [9.17, 15) is 9.18 Å². The number of carbonyl (C=O) groups excluding carboxylic acids is 1. The van der Waals surface area contributed by atoms with Gasteiger partial charge in [0.05, 0.1) is 17.5 Å². The first-order valence-electron chi connectivity index (χ1n) is 6.28. The number of fused-ring (bicyclic) bond motifs is 1. The third-order valence-corrected chi connectivity index (χ3v) is 4.12. The summed E-state index contributed by atoms with van der Waals surface area (Å²) < 4.78 is 13.6. The zero-order valence-electron chi connectivity index (χ0n) is 10.8. The summed E-state index contributed by atoms with van der Waals surface area (Å²) in [4.78, 5) is 11.4. The number of hydrogen-bond donors (Lipinski definition) is 2. The van der Waals surface area contributed by atoms with Crippen molar-refractivity contribution < 1.29 is 9.18 Å². The lowest BCUT2D eigenvalue weighted by Gasteiger charge is -2.16. The number of benzene rings is 2. The molecule has 0 fully saturated rings. The minimum absolute atomic E-state index is 0.0424. The van der Waals surface area contributed by atoms with Crippen molar-refractivity contribution in [3.63, 3.8) is 0 Å². The Morgan fingerprint density at radius 1 is 1.19 bits per heavy atom. The molecule has 1 heterocycles. The average Bonchev–Trinajstić information content (AvgIpc) is 2.79. The van der Waals surface area contributed by atoms with E-state index in [1.54, 1.807) is 18.2 Å². The minimum atomic E-state index is -0.592. The fourth-order valence-corrected chi connectivity index (χ4v) is 2.79. The van der Waals surface area contributed by atoms with Crippen molar-refractivity contribution >= 4 is 34.8 Å². The Morgan fingerprint density at radius 3 is 2.67 bits per heavy atom. The van der Waals surface area contributed by atoms with Gasteiger partial charge < -0.3 is 11.1 Å². The van der Waals surface area contributed by atoms with Crippen molar-refractivity contribution in [1.29, 1.82) is 0 Å². The fraction of sp³-hybridized carbons (Fsp3) is 0.133. The third kappa shape index (κ3) is 2.62. The molecule has 21 heavy (non-hydrogen) atoms. The molecule has 108 valence electrons. The SMILES string of the molecule is NC(c1ccc(Cl)c(F)c1)c1cc2c(cc1Cl)NC(=O)C2. The molecule has 1 unspecified atom stereocenters. The number of hydrogen-bond acceptors (Lipinski definition) is 2. The van der Waals surface area contributed by atoms with E-state index in [1.165, 1.54) is 12.1 Å². The van der Waals surface area contributed by atoms with Crippen molar-refractivity contribution in [2.24, 2.45) is 5.73 Å². The monoisotopic (exact) mass is 324 g/mol. The molecular formula is C15H11Cl2FN2O. The molecule has 0 aliphatic carbocycles. The highest BCUT2D eigenvalue weighted by Gasteiger charge is 2.22. The number of halogens is 3. The molecule has 1 atom stereocenters. The van der Waals surface area contributed by atoms with Crippen molar-refractivity contribution in [3.8, 4) is 0 Å². The zero-order valence-corrected chi connectivity index (χ0v) is 12.3. The molecule has 3 rings (SSSR count). The van der Waals surface area contributed by atoms with E-state index < -0.39 is 11.9 Å². The lowest BCUT2D eigenvalue weighted by atomic mass is 9.97. The summed E-state index contributed by atoms with van der Waals surface area (Å²) in [5.74, 6) is -0.608. The van der Waals surface area contributed by atoms with Gasteiger partial charge in [0.2, 0.25) is 5.91 Å². The van der Waals surface area contributed by atoms with Gasteiger partial charge in [-0.25, -0.2) is 4.39 Å². The largest absolute Gasteiger partial charge is 0.325 e. The van der Waals surface area contributed by atoms with Gasteiger partial charge in [-0.3, -0.25) is 4.79 Å². The first-order chi connectivity index (χ1) is 9.95. The number of rotatable bonds is 2. The first-order valence-corrected chi connectivity index (χ1v) is 7.04. The molecule has 3 nitrogen and oxygen atoms in total. The van der Waals surface area contributed by atoms with Crippen molar-refractivity contribution in [2.75, 3.05) is 5.32 Å². The van der Waals surface area contributed by atoms with Crippen LogP contribution in [0.5, 0.6) is 0 Å². The van der Waals surface area contributed by atoms with Crippen LogP contribution in [-0.4, -0.2) is 5.91 Å². The molecule has 1 aliphatic heterocycles. The van der Waals surface area contributed by atoms with Gasteiger partial charge in [0.25, 0.3) is 0 Å². The number of nitrogens with one attached hydrogen (secondary N) is 1. The Labute approximate surface area is 130 Å². The minimum Gasteiger partial charge on any atom is -0.325 e. The smallest absolute Gasteiger partial charge is 0.228 e. The molecule has 6 heteroatoms. The van der Waals surface area contributed by atoms with Gasteiger partial charge in [0.1, 0.15) is 5.82 Å². The molecule has 0 saturated heterocycles. The van der Waals surface area contributed by atoms with Crippen LogP contribution < -0.4 is 11.1 Å². The maximum atomic E-state index is 13.6. The summed E-state index contributed by atoms with van der Waals surface area (Å²) in [5.41, 5.74) is 8.91. The molecule has 0 spiro atoms. The predicted molar refractivity (Wildman–Crippen MR) is 81.2 cm³/mol. The number of nitrogens with two attached hydrogens (primary N) is 1. The van der Waals surface area contributed by atoms with Crippen LogP contribution in [0.1, 0.15) is 22.7 Å². The van der Waals surface area contributed by atoms with Crippen LogP contribution in [0.15, 0.2) is 30.3 Å². The van der Waals surface area contributed by atoms with Crippen LogP contribution >= 0.6 is 23.2 Å². The van der Waals surface area contributed by atoms with Crippen molar-refractivity contribution in [2.45, 2.75) is 12.5 Å². The number of anilines is 1. The van der Waals surface area contributed by atoms with E-state index in [0.29, 0.717) is 28.3 Å². The van der Waals surface area contributed by atoms with Crippen LogP contribution in [0.25, 0.3) is 0 Å². The zero-order chi connectivity index (χ0) is 15.1. The molecule has 1 amide bonds. The molecule has 0 aromatic heterocycles. The summed E-state index contributed by atoms with van der Waals surface area (Å²) in [6.07, 6.45) is 0.293. The summed E-state index contributed by atoms with van der Waals surface area (Å²) in [6.45, 7) is 0. The van der Waals surface area contributed by atoms with Gasteiger partial charge >= 0.3 is 0 Å². The number of amides is 1. The second-order valence-electron chi connectivity index (χ2n) is 4.91. The highest BCUT2D eigenvalue weighted by Crippen LogP contribution is 2.34. The lowest BCUT2D eigenvalue weighted by molar-refractivity contribution is -0.115. The Kier molecular flexibility index (Phi) is 3.61. The second-order valence-corrected chi connectivity index (χ2v) is 5.72. The molecule has 0 saturated carbocycles. The van der Waals surface area contributed by atoms with Crippen LogP contribution in [0, 0.1) is 5.82 Å². The molecule has 3 N–H and O–H groups in total. The summed E-state index contributed by atoms with van der Waals surface area (Å²) in [6, 6.07) is 7.27. The highest BCUT2D eigenvalue weighted by atomic mass is 35.5. The van der Waals surface area contributed by atoms with Crippen molar-refractivity contribution in [3.05, 3.63) is 62.9 Å². The average molecular weight is 325 g/mol. The third-order valence-electron chi connectivity index (χ3n) is 3.49. The molecular weight excluding hydrogens is 314 g/mol. The summed E-state index contributed by atoms with van der Waals surface area (Å²) in [5, 5.41) is 3.19. The summed E-state index contributed by atoms with van der Waals surface area (Å²) in [7, 11) is 0. The van der Waals surface area contributed by atoms with Gasteiger partial charge in [-0.05, 0) is 41.0 Å². The maximum absolute atomic E-state index is 13.6. The van der Waals surface area contributed by atoms with E-state index in [-0.39, 0.29) is 10.9 Å². The van der Waals surface area contributed by atoms with E-state index in [1.807, 2.05) is 0 Å². The maximum Gasteiger partial charge on any atom is 0.228 e. The Bertz CT molecular complexity index is 749. The Hall–Kier alpha value is -1.62. The van der Waals surface area contributed by atoms with Gasteiger partial charge in [-0.1, -0.05) is 29.3 Å². The van der Waals surface area contributed by atoms with Crippen LogP contribution in [-0.2, 0) is 11.2 Å². The molecule has 0 radical (unpaired) electrons. The van der Waals surface area contributed by atoms with E-state index in [2.05, 4.69) is 5.32 Å². The topological polar surface area (TPSA) is 55.1 Å². The summed E-state index contributed by atoms with van der Waals surface area (Å²) >= 11 is 11.9. The Balaban J connectivity index is 2.02. The molecule has 0 bridgehead atoms. The second kappa shape index (κ2) is 5.30. The van der Waals surface area contributed by atoms with E-state index in [0.717, 1.165) is 5.56 Å². The van der Waals surface area contributed by atoms with Crippen LogP contribution in [0.3, 0.4) is 0 Å². The lowest BCUT2D eigenvalue weighted by Crippen LogP contribution is -2.13. The molecule has 2 aromatic carbocycles. The highest BCUT2D eigenvalue weighted by molar-refractivity contribution is 6.32. The quantitative estimate of drug-likeness (QED) is 0.885. The van der Waals surface area contributed by atoms with Crippen LogP contribution in [0.2, 0.25) is 10.0 Å². The van der Waals surface area contributed by atoms with Gasteiger partial charge in [-0.15, -0.1) is 0 Å². The van der Waals surface area contributed by atoms with Crippen molar-refractivity contribution in [1.82, 2.24) is 0 Å². The van der Waals surface area contributed by atoms with Gasteiger partial charge in [-0.2, -0.15) is 0 Å². The van der Waals surface area contributed by atoms with Crippen LogP contribution in [0.4, 0.5) is 10.1 Å². The Morgan fingerprint density at radius 2 is 1.95 bits per heavy atom. The van der Waals surface area contributed by atoms with E-state index in [4.69, 9.17) is 28.9 Å². The standard InChI is InChI=1S/C15H11Cl2FN2O/c16-10-2-1-7(4-12(10)18)15(19)9-3-8-5-14(21)20-13(8)6-11(9)17/h1-4,6,15H,5,19H2,(H,20,21).